The molecule has 2 aliphatic rings. The molecule has 3 aromatic heterocycles. The molecule has 0 radical (unpaired) electrons. The van der Waals surface area contributed by atoms with Gasteiger partial charge >= 0.3 is 0 Å². The third kappa shape index (κ3) is 2.73. The molecule has 5 heterocycles. The second-order valence-electron chi connectivity index (χ2n) is 8.58. The Hall–Kier alpha value is -2.06. The topological polar surface area (TPSA) is 72.6 Å². The quantitative estimate of drug-likeness (QED) is 0.626. The zero-order valence-electron chi connectivity index (χ0n) is 16.8. The van der Waals surface area contributed by atoms with E-state index in [4.69, 9.17) is 14.7 Å². The van der Waals surface area contributed by atoms with Gasteiger partial charge in [0.15, 0.2) is 5.65 Å². The van der Waals surface area contributed by atoms with Crippen molar-refractivity contribution in [2.45, 2.75) is 71.6 Å². The van der Waals surface area contributed by atoms with E-state index >= 15 is 0 Å². The molecule has 0 aliphatic carbocycles. The minimum atomic E-state index is -0.217. The minimum Gasteiger partial charge on any atom is -0.370 e. The van der Waals surface area contributed by atoms with E-state index < -0.39 is 0 Å². The van der Waals surface area contributed by atoms with Crippen LogP contribution in [-0.4, -0.2) is 48.6 Å². The highest BCUT2D eigenvalue weighted by molar-refractivity contribution is 7.19. The Morgan fingerprint density at radius 1 is 1.29 bits per heavy atom. The molecule has 1 unspecified atom stereocenters. The molecule has 0 saturated carbocycles. The molecular formula is C20H25N5O2S. The number of hydrogen-bond acceptors (Lipinski definition) is 6. The zero-order valence-corrected chi connectivity index (χ0v) is 17.6. The molecule has 28 heavy (non-hydrogen) atoms. The van der Waals surface area contributed by atoms with E-state index in [1.807, 2.05) is 11.8 Å². The predicted molar refractivity (Wildman–Crippen MR) is 108 cm³/mol. The summed E-state index contributed by atoms with van der Waals surface area (Å²) in [7, 11) is 0. The van der Waals surface area contributed by atoms with Gasteiger partial charge in [-0.25, -0.2) is 9.97 Å². The van der Waals surface area contributed by atoms with Gasteiger partial charge in [-0.1, -0.05) is 0 Å². The first-order valence-electron chi connectivity index (χ1n) is 9.96. The number of nitrogens with zero attached hydrogens (tertiary/aromatic N) is 5. The Morgan fingerprint density at radius 2 is 2.11 bits per heavy atom. The van der Waals surface area contributed by atoms with E-state index in [2.05, 4.69) is 25.9 Å². The average Bonchev–Trinajstić information content (AvgIpc) is 3.22. The third-order valence-corrected chi connectivity index (χ3v) is 7.02. The number of likely N-dealkylation sites (tertiary alicyclic amines) is 1. The van der Waals surface area contributed by atoms with Crippen molar-refractivity contribution in [2.75, 3.05) is 6.54 Å². The van der Waals surface area contributed by atoms with Gasteiger partial charge in [-0.15, -0.1) is 16.4 Å². The van der Waals surface area contributed by atoms with Crippen molar-refractivity contribution in [3.8, 4) is 0 Å². The second kappa shape index (κ2) is 6.22. The fraction of sp³-hybridized carbons (Fsp3) is 0.600. The minimum absolute atomic E-state index is 0.0730. The molecule has 3 aromatic rings. The Labute approximate surface area is 167 Å². The van der Waals surface area contributed by atoms with Crippen molar-refractivity contribution in [1.29, 1.82) is 0 Å². The fourth-order valence-corrected chi connectivity index (χ4v) is 5.50. The Kier molecular flexibility index (Phi) is 4.00. The van der Waals surface area contributed by atoms with E-state index in [1.165, 1.54) is 16.9 Å². The van der Waals surface area contributed by atoms with Gasteiger partial charge in [0, 0.05) is 23.9 Å². The Morgan fingerprint density at radius 3 is 2.89 bits per heavy atom. The van der Waals surface area contributed by atoms with Crippen LogP contribution in [0.25, 0.3) is 15.9 Å². The van der Waals surface area contributed by atoms with Gasteiger partial charge in [-0.05, 0) is 52.5 Å². The molecule has 1 amide bonds. The van der Waals surface area contributed by atoms with Crippen LogP contribution in [0, 0.1) is 6.92 Å². The maximum atomic E-state index is 13.1. The van der Waals surface area contributed by atoms with Crippen molar-refractivity contribution in [3.05, 3.63) is 22.1 Å². The monoisotopic (exact) mass is 399 g/mol. The second-order valence-corrected chi connectivity index (χ2v) is 9.67. The summed E-state index contributed by atoms with van der Waals surface area (Å²) < 4.78 is 7.71. The number of fused-ring (bicyclic) bond motifs is 5. The zero-order chi connectivity index (χ0) is 19.6. The molecule has 0 bridgehead atoms. The normalized spacial score (nSPS) is 22.0. The summed E-state index contributed by atoms with van der Waals surface area (Å²) in [6, 6.07) is 0.235. The lowest BCUT2D eigenvalue weighted by Gasteiger charge is -2.32. The van der Waals surface area contributed by atoms with E-state index in [0.717, 1.165) is 47.5 Å². The molecule has 148 valence electrons. The van der Waals surface area contributed by atoms with Crippen LogP contribution in [0.1, 0.15) is 66.9 Å². The van der Waals surface area contributed by atoms with Gasteiger partial charge in [0.25, 0.3) is 5.91 Å². The van der Waals surface area contributed by atoms with Crippen molar-refractivity contribution in [1.82, 2.24) is 24.5 Å². The van der Waals surface area contributed by atoms with Crippen LogP contribution in [-0.2, 0) is 17.8 Å². The van der Waals surface area contributed by atoms with E-state index in [0.29, 0.717) is 6.61 Å². The summed E-state index contributed by atoms with van der Waals surface area (Å²) in [5.74, 6) is 0.952. The number of aromatic nitrogens is 4. The lowest BCUT2D eigenvalue weighted by atomic mass is 9.94. The predicted octanol–water partition coefficient (Wildman–Crippen LogP) is 3.51. The van der Waals surface area contributed by atoms with Crippen LogP contribution in [0.5, 0.6) is 0 Å². The van der Waals surface area contributed by atoms with Crippen molar-refractivity contribution in [2.24, 2.45) is 0 Å². The number of ether oxygens (including phenoxy) is 1. The first-order chi connectivity index (χ1) is 13.3. The molecule has 0 N–H and O–H groups in total. The highest BCUT2D eigenvalue weighted by Gasteiger charge is 2.32. The van der Waals surface area contributed by atoms with Gasteiger partial charge in [-0.3, -0.25) is 4.79 Å². The summed E-state index contributed by atoms with van der Waals surface area (Å²) in [6.45, 7) is 9.61. The van der Waals surface area contributed by atoms with Crippen LogP contribution in [0.15, 0.2) is 0 Å². The van der Waals surface area contributed by atoms with E-state index in [9.17, 15) is 4.79 Å². The van der Waals surface area contributed by atoms with Gasteiger partial charge in [-0.2, -0.15) is 4.52 Å². The lowest BCUT2D eigenvalue weighted by molar-refractivity contribution is -0.0379. The third-order valence-electron chi connectivity index (χ3n) is 5.92. The van der Waals surface area contributed by atoms with Crippen LogP contribution in [0.2, 0.25) is 0 Å². The molecule has 1 saturated heterocycles. The first kappa shape index (κ1) is 18.0. The largest absolute Gasteiger partial charge is 0.370 e. The number of carbonyl (C=O) groups is 1. The first-order valence-corrected chi connectivity index (χ1v) is 10.8. The van der Waals surface area contributed by atoms with Crippen LogP contribution in [0.3, 0.4) is 0 Å². The molecule has 0 aromatic carbocycles. The molecule has 1 atom stereocenters. The molecule has 8 heteroatoms. The highest BCUT2D eigenvalue weighted by Crippen LogP contribution is 2.39. The van der Waals surface area contributed by atoms with Gasteiger partial charge in [0.1, 0.15) is 10.7 Å². The van der Waals surface area contributed by atoms with E-state index in [1.54, 1.807) is 15.9 Å². The van der Waals surface area contributed by atoms with Crippen molar-refractivity contribution in [3.63, 3.8) is 0 Å². The van der Waals surface area contributed by atoms with Crippen molar-refractivity contribution < 1.29 is 9.53 Å². The van der Waals surface area contributed by atoms with Gasteiger partial charge in [0.2, 0.25) is 5.82 Å². The number of carbonyl (C=O) groups excluding carboxylic acids is 1. The SMILES string of the molecule is Cc1nc2sc3c(c2c2nc(C(=O)N4CCCCC4C)nn12)CC(C)(C)OC3. The molecule has 7 nitrogen and oxygen atoms in total. The number of rotatable bonds is 1. The molecule has 0 spiro atoms. The smallest absolute Gasteiger partial charge is 0.293 e. The summed E-state index contributed by atoms with van der Waals surface area (Å²) >= 11 is 1.66. The lowest BCUT2D eigenvalue weighted by Crippen LogP contribution is -2.42. The summed E-state index contributed by atoms with van der Waals surface area (Å²) in [5, 5.41) is 5.59. The number of piperidine rings is 1. The molecular weight excluding hydrogens is 374 g/mol. The Bertz CT molecular complexity index is 1100. The van der Waals surface area contributed by atoms with Crippen molar-refractivity contribution >= 4 is 33.1 Å². The fourth-order valence-electron chi connectivity index (χ4n) is 4.36. The van der Waals surface area contributed by atoms with Gasteiger partial charge < -0.3 is 9.64 Å². The van der Waals surface area contributed by atoms with Crippen LogP contribution >= 0.6 is 11.3 Å². The number of thiophene rings is 1. The summed E-state index contributed by atoms with van der Waals surface area (Å²) in [4.78, 5) is 26.7. The number of amides is 1. The Balaban J connectivity index is 1.66. The standard InChI is InChI=1S/C20H25N5O2S/c1-11-7-5-6-8-24(11)19(26)16-22-17-15-13-9-20(3,4)27-10-14(13)28-18(15)21-12(2)25(17)23-16/h11H,5-10H2,1-4H3. The summed E-state index contributed by atoms with van der Waals surface area (Å²) in [5.41, 5.74) is 1.77. The highest BCUT2D eigenvalue weighted by atomic mass is 32.1. The molecule has 1 fully saturated rings. The van der Waals surface area contributed by atoms with Crippen LogP contribution in [0.4, 0.5) is 0 Å². The maximum Gasteiger partial charge on any atom is 0.293 e. The van der Waals surface area contributed by atoms with Crippen LogP contribution < -0.4 is 0 Å². The summed E-state index contributed by atoms with van der Waals surface area (Å²) in [6.07, 6.45) is 4.06. The maximum absolute atomic E-state index is 13.1. The number of aryl methyl sites for hydroxylation is 1. The molecule has 2 aliphatic heterocycles. The van der Waals surface area contributed by atoms with Gasteiger partial charge in [0.05, 0.1) is 17.6 Å². The number of hydrogen-bond donors (Lipinski definition) is 0. The molecule has 5 rings (SSSR count). The van der Waals surface area contributed by atoms with E-state index in [-0.39, 0.29) is 23.4 Å². The average molecular weight is 400 g/mol.